The maximum atomic E-state index is 11.8. The maximum absolute atomic E-state index is 11.8. The van der Waals surface area contributed by atoms with Crippen LogP contribution in [0.3, 0.4) is 0 Å². The molecule has 1 atom stereocenters. The predicted octanol–water partition coefficient (Wildman–Crippen LogP) is 1.44. The van der Waals surface area contributed by atoms with Crippen molar-refractivity contribution < 1.29 is 14.4 Å². The summed E-state index contributed by atoms with van der Waals surface area (Å²) in [7, 11) is 0. The van der Waals surface area contributed by atoms with Gasteiger partial charge in [-0.25, -0.2) is 4.79 Å². The van der Waals surface area contributed by atoms with Crippen LogP contribution in [0.25, 0.3) is 0 Å². The lowest BCUT2D eigenvalue weighted by Gasteiger charge is -2.21. The summed E-state index contributed by atoms with van der Waals surface area (Å²) in [5.74, 6) is 1.70. The Labute approximate surface area is 125 Å². The zero-order valence-corrected chi connectivity index (χ0v) is 13.2. The molecular formula is C14H26N4O3. The first kappa shape index (κ1) is 17.4. The highest BCUT2D eigenvalue weighted by Crippen LogP contribution is 2.09. The molecule has 0 aromatic carbocycles. The number of nitrogens with one attached hydrogen (secondary N) is 2. The third-order valence-corrected chi connectivity index (χ3v) is 3.19. The molecule has 1 aromatic heterocycles. The largest absolute Gasteiger partial charge is 0.396 e. The van der Waals surface area contributed by atoms with E-state index in [1.807, 2.05) is 27.7 Å². The molecule has 0 saturated carbocycles. The van der Waals surface area contributed by atoms with E-state index in [0.29, 0.717) is 31.1 Å². The standard InChI is InChI=1S/C14H26N4O3/c1-9(2)11(6-8-19)16-14(20)15-7-5-12-17-13(10(3)4)18-21-12/h9-11,19H,5-8H2,1-4H3,(H2,15,16,20). The second-order valence-corrected chi connectivity index (χ2v) is 5.71. The van der Waals surface area contributed by atoms with Crippen molar-refractivity contribution in [2.24, 2.45) is 5.92 Å². The Bertz CT molecular complexity index is 432. The zero-order valence-electron chi connectivity index (χ0n) is 13.2. The molecule has 120 valence electrons. The van der Waals surface area contributed by atoms with Crippen LogP contribution in [0, 0.1) is 5.92 Å². The fourth-order valence-corrected chi connectivity index (χ4v) is 1.82. The molecule has 1 rings (SSSR count). The molecule has 0 aliphatic heterocycles. The number of hydrogen-bond acceptors (Lipinski definition) is 5. The summed E-state index contributed by atoms with van der Waals surface area (Å²) in [6.45, 7) is 8.48. The van der Waals surface area contributed by atoms with Gasteiger partial charge in [-0.3, -0.25) is 0 Å². The number of aliphatic hydroxyl groups excluding tert-OH is 1. The van der Waals surface area contributed by atoms with Crippen molar-refractivity contribution in [3.05, 3.63) is 11.7 Å². The highest BCUT2D eigenvalue weighted by Gasteiger charge is 2.15. The number of urea groups is 1. The first-order chi connectivity index (χ1) is 9.93. The van der Waals surface area contributed by atoms with E-state index in [-0.39, 0.29) is 30.5 Å². The molecule has 1 heterocycles. The van der Waals surface area contributed by atoms with E-state index >= 15 is 0 Å². The Kier molecular flexibility index (Phi) is 7.14. The lowest BCUT2D eigenvalue weighted by atomic mass is 10.0. The maximum Gasteiger partial charge on any atom is 0.315 e. The van der Waals surface area contributed by atoms with E-state index in [9.17, 15) is 4.79 Å². The van der Waals surface area contributed by atoms with Gasteiger partial charge in [0.15, 0.2) is 5.82 Å². The van der Waals surface area contributed by atoms with Gasteiger partial charge in [0.25, 0.3) is 0 Å². The average Bonchev–Trinajstić information content (AvgIpc) is 2.87. The van der Waals surface area contributed by atoms with Crippen LogP contribution in [0.4, 0.5) is 4.79 Å². The Hall–Kier alpha value is -1.63. The van der Waals surface area contributed by atoms with Crippen LogP contribution in [0.5, 0.6) is 0 Å². The Morgan fingerprint density at radius 1 is 1.33 bits per heavy atom. The first-order valence-electron chi connectivity index (χ1n) is 7.41. The molecule has 0 bridgehead atoms. The molecule has 0 radical (unpaired) electrons. The van der Waals surface area contributed by atoms with Crippen LogP contribution in [0.2, 0.25) is 0 Å². The normalized spacial score (nSPS) is 12.7. The molecule has 0 aliphatic rings. The second kappa shape index (κ2) is 8.61. The molecule has 1 unspecified atom stereocenters. The minimum absolute atomic E-state index is 0.0362. The van der Waals surface area contributed by atoms with E-state index < -0.39 is 0 Å². The van der Waals surface area contributed by atoms with Crippen LogP contribution in [0.1, 0.15) is 51.7 Å². The number of aliphatic hydroxyl groups is 1. The third-order valence-electron chi connectivity index (χ3n) is 3.19. The van der Waals surface area contributed by atoms with Crippen molar-refractivity contribution >= 4 is 6.03 Å². The third kappa shape index (κ3) is 6.12. The summed E-state index contributed by atoms with van der Waals surface area (Å²) in [6.07, 6.45) is 1.05. The molecule has 0 saturated heterocycles. The summed E-state index contributed by atoms with van der Waals surface area (Å²) in [4.78, 5) is 16.0. The molecule has 3 N–H and O–H groups in total. The van der Waals surface area contributed by atoms with Crippen molar-refractivity contribution in [3.63, 3.8) is 0 Å². The van der Waals surface area contributed by atoms with Gasteiger partial charge in [-0.1, -0.05) is 32.9 Å². The molecule has 0 fully saturated rings. The van der Waals surface area contributed by atoms with Crippen molar-refractivity contribution in [2.45, 2.75) is 52.5 Å². The summed E-state index contributed by atoms with van der Waals surface area (Å²) in [5, 5.41) is 18.4. The smallest absolute Gasteiger partial charge is 0.315 e. The van der Waals surface area contributed by atoms with Crippen LogP contribution < -0.4 is 10.6 Å². The summed E-state index contributed by atoms with van der Waals surface area (Å²) < 4.78 is 5.10. The number of rotatable bonds is 8. The average molecular weight is 298 g/mol. The Morgan fingerprint density at radius 3 is 2.57 bits per heavy atom. The van der Waals surface area contributed by atoms with Crippen LogP contribution >= 0.6 is 0 Å². The predicted molar refractivity (Wildman–Crippen MR) is 79.0 cm³/mol. The minimum Gasteiger partial charge on any atom is -0.396 e. The highest BCUT2D eigenvalue weighted by atomic mass is 16.5. The summed E-state index contributed by atoms with van der Waals surface area (Å²) in [5.41, 5.74) is 0. The SMILES string of the molecule is CC(C)c1noc(CCNC(=O)NC(CCO)C(C)C)n1. The van der Waals surface area contributed by atoms with E-state index in [1.165, 1.54) is 0 Å². The van der Waals surface area contributed by atoms with Gasteiger partial charge >= 0.3 is 6.03 Å². The zero-order chi connectivity index (χ0) is 15.8. The van der Waals surface area contributed by atoms with E-state index in [1.54, 1.807) is 0 Å². The fraction of sp³-hybridized carbons (Fsp3) is 0.786. The van der Waals surface area contributed by atoms with Gasteiger partial charge in [0.1, 0.15) is 0 Å². The molecule has 0 spiro atoms. The molecule has 0 aliphatic carbocycles. The number of carbonyl (C=O) groups excluding carboxylic acids is 1. The Balaban J connectivity index is 2.32. The van der Waals surface area contributed by atoms with Crippen molar-refractivity contribution in [1.29, 1.82) is 0 Å². The number of amides is 2. The lowest BCUT2D eigenvalue weighted by molar-refractivity contribution is 0.219. The molecule has 7 heteroatoms. The van der Waals surface area contributed by atoms with Gasteiger partial charge in [0, 0.05) is 31.5 Å². The van der Waals surface area contributed by atoms with E-state index in [0.717, 1.165) is 0 Å². The first-order valence-corrected chi connectivity index (χ1v) is 7.41. The fourth-order valence-electron chi connectivity index (χ4n) is 1.82. The van der Waals surface area contributed by atoms with Crippen molar-refractivity contribution in [3.8, 4) is 0 Å². The monoisotopic (exact) mass is 298 g/mol. The number of hydrogen-bond donors (Lipinski definition) is 3. The topological polar surface area (TPSA) is 100 Å². The number of nitrogens with zero attached hydrogens (tertiary/aromatic N) is 2. The van der Waals surface area contributed by atoms with Crippen LogP contribution in [-0.4, -0.2) is 40.5 Å². The van der Waals surface area contributed by atoms with Crippen molar-refractivity contribution in [2.75, 3.05) is 13.2 Å². The summed E-state index contributed by atoms with van der Waals surface area (Å²) in [6, 6.07) is -0.281. The molecule has 21 heavy (non-hydrogen) atoms. The van der Waals surface area contributed by atoms with Crippen molar-refractivity contribution in [1.82, 2.24) is 20.8 Å². The van der Waals surface area contributed by atoms with Gasteiger partial charge < -0.3 is 20.3 Å². The van der Waals surface area contributed by atoms with Crippen LogP contribution in [0.15, 0.2) is 4.52 Å². The van der Waals surface area contributed by atoms with Gasteiger partial charge in [-0.05, 0) is 12.3 Å². The number of carbonyl (C=O) groups is 1. The molecule has 2 amide bonds. The molecular weight excluding hydrogens is 272 g/mol. The van der Waals surface area contributed by atoms with Crippen LogP contribution in [-0.2, 0) is 6.42 Å². The lowest BCUT2D eigenvalue weighted by Crippen LogP contribution is -2.45. The Morgan fingerprint density at radius 2 is 2.05 bits per heavy atom. The van der Waals surface area contributed by atoms with Gasteiger partial charge in [-0.2, -0.15) is 4.98 Å². The second-order valence-electron chi connectivity index (χ2n) is 5.71. The van der Waals surface area contributed by atoms with Gasteiger partial charge in [0.05, 0.1) is 0 Å². The number of aromatic nitrogens is 2. The molecule has 7 nitrogen and oxygen atoms in total. The minimum atomic E-state index is -0.245. The van der Waals surface area contributed by atoms with Gasteiger partial charge in [0.2, 0.25) is 5.89 Å². The highest BCUT2D eigenvalue weighted by molar-refractivity contribution is 5.74. The quantitative estimate of drug-likeness (QED) is 0.674. The summed E-state index contributed by atoms with van der Waals surface area (Å²) >= 11 is 0. The van der Waals surface area contributed by atoms with E-state index in [4.69, 9.17) is 9.63 Å². The van der Waals surface area contributed by atoms with Gasteiger partial charge in [-0.15, -0.1) is 0 Å². The van der Waals surface area contributed by atoms with E-state index in [2.05, 4.69) is 20.8 Å². The molecule has 1 aromatic rings.